The van der Waals surface area contributed by atoms with Crippen LogP contribution in [0.5, 0.6) is 5.75 Å². The predicted octanol–water partition coefficient (Wildman–Crippen LogP) is 6.12. The maximum Gasteiger partial charge on any atom is 0.243 e. The summed E-state index contributed by atoms with van der Waals surface area (Å²) in [6.45, 7) is 0.119. The maximum absolute atomic E-state index is 14.0. The van der Waals surface area contributed by atoms with E-state index in [0.717, 1.165) is 43.9 Å². The molecule has 1 aliphatic rings. The molecule has 8 nitrogen and oxygen atoms in total. The third kappa shape index (κ3) is 9.93. The highest BCUT2D eigenvalue weighted by Crippen LogP contribution is 2.30. The summed E-state index contributed by atoms with van der Waals surface area (Å²) in [5, 5.41) is 3.46. The number of amides is 2. The highest BCUT2D eigenvalue weighted by atomic mass is 35.5. The largest absolute Gasteiger partial charge is 0.495 e. The molecule has 3 aromatic rings. The van der Waals surface area contributed by atoms with E-state index in [4.69, 9.17) is 16.3 Å². The summed E-state index contributed by atoms with van der Waals surface area (Å²) in [6.07, 6.45) is 6.59. The first-order valence-electron chi connectivity index (χ1n) is 15.2. The molecule has 1 aliphatic carbocycles. The van der Waals surface area contributed by atoms with Gasteiger partial charge in [-0.1, -0.05) is 73.3 Å². The highest BCUT2D eigenvalue weighted by molar-refractivity contribution is 7.92. The topological polar surface area (TPSA) is 96.0 Å². The molecule has 0 aromatic heterocycles. The van der Waals surface area contributed by atoms with Crippen LogP contribution >= 0.6 is 11.6 Å². The number of methoxy groups -OCH3 is 1. The van der Waals surface area contributed by atoms with Crippen LogP contribution in [0.25, 0.3) is 0 Å². The van der Waals surface area contributed by atoms with Gasteiger partial charge in [-0.25, -0.2) is 12.8 Å². The third-order valence-corrected chi connectivity index (χ3v) is 9.55. The average Bonchev–Trinajstić information content (AvgIpc) is 3.02. The Bertz CT molecular complexity index is 1530. The number of sulfonamides is 1. The van der Waals surface area contributed by atoms with Crippen LogP contribution in [0.3, 0.4) is 0 Å². The smallest absolute Gasteiger partial charge is 0.243 e. The fraction of sp³-hybridized carbons (Fsp3) is 0.412. The van der Waals surface area contributed by atoms with Crippen molar-refractivity contribution < 1.29 is 27.1 Å². The van der Waals surface area contributed by atoms with E-state index in [-0.39, 0.29) is 48.8 Å². The highest BCUT2D eigenvalue weighted by Gasteiger charge is 2.32. The van der Waals surface area contributed by atoms with Gasteiger partial charge in [0.1, 0.15) is 17.6 Å². The molecular formula is C34H41ClFN3O5S. The normalized spacial score (nSPS) is 14.4. The number of carbonyl (C=O) groups is 2. The van der Waals surface area contributed by atoms with Crippen LogP contribution in [0, 0.1) is 5.82 Å². The number of hydrogen-bond donors (Lipinski definition) is 1. The number of nitrogens with one attached hydrogen (secondary N) is 1. The Balaban J connectivity index is 1.58. The standard InChI is InChI=1S/C34H41ClFN3O5S/c1-44-32-20-19-29(23-30(32)35)39(45(2,42)43)21-9-14-33(40)38(24-26-15-17-27(36)18-16-26)31(22-25-10-5-3-6-11-25)34(41)37-28-12-7-4-8-13-28/h3,5-6,10-11,15-20,23,28,31H,4,7-9,12-14,21-22,24H2,1-2H3,(H,37,41). The molecule has 0 saturated heterocycles. The van der Waals surface area contributed by atoms with E-state index in [9.17, 15) is 22.4 Å². The van der Waals surface area contributed by atoms with Gasteiger partial charge >= 0.3 is 0 Å². The molecule has 0 radical (unpaired) electrons. The molecule has 1 atom stereocenters. The van der Waals surface area contributed by atoms with E-state index in [1.54, 1.807) is 29.2 Å². The Morgan fingerprint density at radius 1 is 1.00 bits per heavy atom. The summed E-state index contributed by atoms with van der Waals surface area (Å²) in [4.78, 5) is 29.5. The molecule has 242 valence electrons. The first kappa shape index (κ1) is 34.2. The lowest BCUT2D eigenvalue weighted by Gasteiger charge is -2.34. The summed E-state index contributed by atoms with van der Waals surface area (Å²) >= 11 is 6.27. The van der Waals surface area contributed by atoms with Gasteiger partial charge in [0.15, 0.2) is 0 Å². The van der Waals surface area contributed by atoms with Gasteiger partial charge in [0, 0.05) is 32.0 Å². The van der Waals surface area contributed by atoms with Gasteiger partial charge in [-0.05, 0) is 60.7 Å². The van der Waals surface area contributed by atoms with Crippen molar-refractivity contribution in [2.75, 3.05) is 24.2 Å². The lowest BCUT2D eigenvalue weighted by molar-refractivity contribution is -0.141. The fourth-order valence-corrected chi connectivity index (χ4v) is 6.91. The van der Waals surface area contributed by atoms with Crippen molar-refractivity contribution in [3.05, 3.63) is 94.8 Å². The van der Waals surface area contributed by atoms with E-state index in [1.807, 2.05) is 30.3 Å². The Morgan fingerprint density at radius 2 is 1.69 bits per heavy atom. The number of hydrogen-bond acceptors (Lipinski definition) is 5. The van der Waals surface area contributed by atoms with Crippen LogP contribution < -0.4 is 14.4 Å². The van der Waals surface area contributed by atoms with E-state index >= 15 is 0 Å². The van der Waals surface area contributed by atoms with Gasteiger partial charge in [-0.2, -0.15) is 0 Å². The molecule has 3 aromatic carbocycles. The Kier molecular flexibility index (Phi) is 12.2. The zero-order valence-electron chi connectivity index (χ0n) is 25.8. The first-order chi connectivity index (χ1) is 21.5. The first-order valence-corrected chi connectivity index (χ1v) is 17.5. The molecule has 0 bridgehead atoms. The van der Waals surface area contributed by atoms with Crippen molar-refractivity contribution >= 4 is 39.1 Å². The molecule has 4 rings (SSSR count). The van der Waals surface area contributed by atoms with Crippen LogP contribution in [0.1, 0.15) is 56.1 Å². The van der Waals surface area contributed by atoms with Crippen LogP contribution in [0.4, 0.5) is 10.1 Å². The second-order valence-electron chi connectivity index (χ2n) is 11.5. The number of ether oxygens (including phenoxy) is 1. The van der Waals surface area contributed by atoms with Crippen LogP contribution in [-0.4, -0.2) is 57.1 Å². The number of nitrogens with zero attached hydrogens (tertiary/aromatic N) is 2. The zero-order chi connectivity index (χ0) is 32.4. The van der Waals surface area contributed by atoms with Gasteiger partial charge in [0.25, 0.3) is 0 Å². The Morgan fingerprint density at radius 3 is 2.31 bits per heavy atom. The number of rotatable bonds is 14. The quantitative estimate of drug-likeness (QED) is 0.225. The fourth-order valence-electron chi connectivity index (χ4n) is 5.70. The molecule has 45 heavy (non-hydrogen) atoms. The summed E-state index contributed by atoms with van der Waals surface area (Å²) in [5.74, 6) is -0.518. The Labute approximate surface area is 270 Å². The van der Waals surface area contributed by atoms with Gasteiger partial charge < -0.3 is 15.0 Å². The predicted molar refractivity (Wildman–Crippen MR) is 175 cm³/mol. The van der Waals surface area contributed by atoms with Gasteiger partial charge in [-0.3, -0.25) is 13.9 Å². The minimum atomic E-state index is -3.70. The summed E-state index contributed by atoms with van der Waals surface area (Å²) in [7, 11) is -2.23. The van der Waals surface area contributed by atoms with Crippen LogP contribution in [-0.2, 0) is 32.6 Å². The average molecular weight is 658 g/mol. The van der Waals surface area contributed by atoms with Crippen molar-refractivity contribution in [2.24, 2.45) is 0 Å². The number of anilines is 1. The van der Waals surface area contributed by atoms with Crippen molar-refractivity contribution in [3.8, 4) is 5.75 Å². The van der Waals surface area contributed by atoms with E-state index < -0.39 is 21.9 Å². The van der Waals surface area contributed by atoms with Crippen molar-refractivity contribution in [2.45, 2.75) is 70.0 Å². The van der Waals surface area contributed by atoms with E-state index in [2.05, 4.69) is 5.32 Å². The maximum atomic E-state index is 14.0. The molecule has 0 heterocycles. The Hall–Kier alpha value is -3.63. The summed E-state index contributed by atoms with van der Waals surface area (Å²) < 4.78 is 45.6. The second-order valence-corrected chi connectivity index (χ2v) is 13.8. The van der Waals surface area contributed by atoms with Crippen molar-refractivity contribution in [3.63, 3.8) is 0 Å². The molecule has 1 fully saturated rings. The number of halogens is 2. The van der Waals surface area contributed by atoms with Gasteiger partial charge in [0.2, 0.25) is 21.8 Å². The summed E-state index contributed by atoms with van der Waals surface area (Å²) in [5.41, 5.74) is 1.93. The molecule has 1 saturated carbocycles. The van der Waals surface area contributed by atoms with Gasteiger partial charge in [0.05, 0.1) is 24.1 Å². The number of carbonyl (C=O) groups excluding carboxylic acids is 2. The molecule has 1 unspecified atom stereocenters. The van der Waals surface area contributed by atoms with Gasteiger partial charge in [-0.15, -0.1) is 0 Å². The van der Waals surface area contributed by atoms with E-state index in [0.29, 0.717) is 23.4 Å². The molecule has 2 amide bonds. The van der Waals surface area contributed by atoms with E-state index in [1.165, 1.54) is 29.6 Å². The molecular weight excluding hydrogens is 617 g/mol. The molecule has 1 N–H and O–H groups in total. The lowest BCUT2D eigenvalue weighted by Crippen LogP contribution is -2.52. The molecule has 11 heteroatoms. The molecule has 0 spiro atoms. The summed E-state index contributed by atoms with van der Waals surface area (Å²) in [6, 6.07) is 19.3. The second kappa shape index (κ2) is 16.1. The van der Waals surface area contributed by atoms with Crippen LogP contribution in [0.2, 0.25) is 5.02 Å². The molecule has 0 aliphatic heterocycles. The monoisotopic (exact) mass is 657 g/mol. The zero-order valence-corrected chi connectivity index (χ0v) is 27.3. The van der Waals surface area contributed by atoms with Crippen molar-refractivity contribution in [1.82, 2.24) is 10.2 Å². The van der Waals surface area contributed by atoms with Crippen molar-refractivity contribution in [1.29, 1.82) is 0 Å². The minimum Gasteiger partial charge on any atom is -0.495 e. The van der Waals surface area contributed by atoms with Crippen LogP contribution in [0.15, 0.2) is 72.8 Å². The minimum absolute atomic E-state index is 0.0148. The SMILES string of the molecule is COc1ccc(N(CCCC(=O)N(Cc2ccc(F)cc2)C(Cc2ccccc2)C(=O)NC2CCCCC2)S(C)(=O)=O)cc1Cl. The lowest BCUT2D eigenvalue weighted by atomic mass is 9.94. The third-order valence-electron chi connectivity index (χ3n) is 8.06. The number of benzene rings is 3.